The van der Waals surface area contributed by atoms with E-state index in [1.165, 1.54) is 4.88 Å². The largest absolute Gasteiger partial charge is 0.376 e. The van der Waals surface area contributed by atoms with E-state index in [9.17, 15) is 0 Å². The number of rotatable bonds is 8. The van der Waals surface area contributed by atoms with E-state index in [0.29, 0.717) is 13.2 Å². The van der Waals surface area contributed by atoms with Gasteiger partial charge in [-0.25, -0.2) is 0 Å². The number of hydrogen-bond acceptors (Lipinski definition) is 3. The molecule has 1 aromatic rings. The average molecular weight is 239 g/mol. The second kappa shape index (κ2) is 8.16. The maximum atomic E-state index is 8.42. The number of nitrogens with zero attached hydrogens (tertiary/aromatic N) is 3. The Labute approximate surface area is 99.9 Å². The molecule has 0 spiro atoms. The van der Waals surface area contributed by atoms with E-state index >= 15 is 0 Å². The second-order valence-electron chi connectivity index (χ2n) is 3.60. The van der Waals surface area contributed by atoms with Gasteiger partial charge in [-0.15, -0.1) is 11.3 Å². The lowest BCUT2D eigenvalue weighted by Gasteiger charge is -2.10. The first-order valence-corrected chi connectivity index (χ1v) is 6.39. The lowest BCUT2D eigenvalue weighted by atomic mass is 10.1. The van der Waals surface area contributed by atoms with Gasteiger partial charge in [0.15, 0.2) is 0 Å². The van der Waals surface area contributed by atoms with Crippen LogP contribution in [-0.4, -0.2) is 12.6 Å². The quantitative estimate of drug-likeness (QED) is 0.382. The lowest BCUT2D eigenvalue weighted by molar-refractivity contribution is 0.107. The van der Waals surface area contributed by atoms with Crippen molar-refractivity contribution >= 4 is 11.3 Å². The highest BCUT2D eigenvalue weighted by Crippen LogP contribution is 2.11. The molecular weight excluding hydrogens is 222 g/mol. The Morgan fingerprint density at radius 2 is 2.50 bits per heavy atom. The molecule has 1 heterocycles. The molecule has 0 radical (unpaired) electrons. The average Bonchev–Trinajstić information content (AvgIpc) is 2.79. The topological polar surface area (TPSA) is 58.0 Å². The Morgan fingerprint density at radius 3 is 3.12 bits per heavy atom. The van der Waals surface area contributed by atoms with E-state index < -0.39 is 0 Å². The van der Waals surface area contributed by atoms with Crippen molar-refractivity contribution in [2.45, 2.75) is 38.8 Å². The van der Waals surface area contributed by atoms with Gasteiger partial charge in [0, 0.05) is 9.79 Å². The standard InChI is InChI=1S/C11H17N3OS/c1-2-3-5-10(13-14-12)8-15-9-11-6-4-7-16-11/h4,6-7,10H,2-3,5,8-9H2,1H3. The smallest absolute Gasteiger partial charge is 0.0809 e. The van der Waals surface area contributed by atoms with Gasteiger partial charge in [-0.2, -0.15) is 0 Å². The predicted molar refractivity (Wildman–Crippen MR) is 66.4 cm³/mol. The maximum Gasteiger partial charge on any atom is 0.0809 e. The first kappa shape index (κ1) is 13.0. The summed E-state index contributed by atoms with van der Waals surface area (Å²) in [5, 5.41) is 5.77. The van der Waals surface area contributed by atoms with Gasteiger partial charge in [0.1, 0.15) is 0 Å². The fourth-order valence-corrected chi connectivity index (χ4v) is 2.02. The van der Waals surface area contributed by atoms with Gasteiger partial charge < -0.3 is 4.74 Å². The molecule has 0 saturated carbocycles. The molecule has 0 aromatic carbocycles. The summed E-state index contributed by atoms with van der Waals surface area (Å²) in [6.45, 7) is 3.25. The Balaban J connectivity index is 2.23. The van der Waals surface area contributed by atoms with Crippen molar-refractivity contribution < 1.29 is 4.74 Å². The molecule has 1 rings (SSSR count). The summed E-state index contributed by atoms with van der Waals surface area (Å²) in [5.41, 5.74) is 8.42. The van der Waals surface area contributed by atoms with E-state index in [4.69, 9.17) is 10.3 Å². The molecule has 0 saturated heterocycles. The van der Waals surface area contributed by atoms with Crippen LogP contribution in [0.3, 0.4) is 0 Å². The Bertz CT molecular complexity index is 320. The SMILES string of the molecule is CCCCC(COCc1cccs1)N=[N+]=[N-]. The molecular formula is C11H17N3OS. The van der Waals surface area contributed by atoms with E-state index in [-0.39, 0.29) is 6.04 Å². The fraction of sp³-hybridized carbons (Fsp3) is 0.636. The zero-order valence-corrected chi connectivity index (χ0v) is 10.3. The van der Waals surface area contributed by atoms with Gasteiger partial charge in [0.05, 0.1) is 19.3 Å². The minimum absolute atomic E-state index is 0.0232. The van der Waals surface area contributed by atoms with E-state index in [0.717, 1.165) is 19.3 Å². The van der Waals surface area contributed by atoms with E-state index in [1.54, 1.807) is 11.3 Å². The van der Waals surface area contributed by atoms with Crippen molar-refractivity contribution in [3.8, 4) is 0 Å². The van der Waals surface area contributed by atoms with Crippen LogP contribution >= 0.6 is 11.3 Å². The molecule has 16 heavy (non-hydrogen) atoms. The van der Waals surface area contributed by atoms with Crippen molar-refractivity contribution in [2.75, 3.05) is 6.61 Å². The summed E-state index contributed by atoms with van der Waals surface area (Å²) in [4.78, 5) is 4.06. The molecule has 0 N–H and O–H groups in total. The van der Waals surface area contributed by atoms with Crippen LogP contribution in [0.5, 0.6) is 0 Å². The van der Waals surface area contributed by atoms with Gasteiger partial charge >= 0.3 is 0 Å². The summed E-state index contributed by atoms with van der Waals surface area (Å²) >= 11 is 1.68. The van der Waals surface area contributed by atoms with Gasteiger partial charge in [-0.1, -0.05) is 30.9 Å². The van der Waals surface area contributed by atoms with Gasteiger partial charge in [0.2, 0.25) is 0 Å². The van der Waals surface area contributed by atoms with Crippen LogP contribution in [-0.2, 0) is 11.3 Å². The second-order valence-corrected chi connectivity index (χ2v) is 4.63. The number of azide groups is 1. The normalized spacial score (nSPS) is 12.1. The Hall–Kier alpha value is -1.03. The molecule has 1 unspecified atom stereocenters. The molecule has 0 fully saturated rings. The van der Waals surface area contributed by atoms with Gasteiger partial charge in [-0.05, 0) is 23.4 Å². The molecule has 0 amide bonds. The molecule has 5 heteroatoms. The highest BCUT2D eigenvalue weighted by molar-refractivity contribution is 7.09. The predicted octanol–water partition coefficient (Wildman–Crippen LogP) is 4.13. The zero-order chi connectivity index (χ0) is 11.6. The molecule has 0 aliphatic carbocycles. The van der Waals surface area contributed by atoms with Crippen LogP contribution < -0.4 is 0 Å². The summed E-state index contributed by atoms with van der Waals surface area (Å²) in [7, 11) is 0. The number of thiophene rings is 1. The van der Waals surface area contributed by atoms with Crippen molar-refractivity contribution in [3.63, 3.8) is 0 Å². The Kier molecular flexibility index (Phi) is 6.65. The third kappa shape index (κ3) is 5.16. The lowest BCUT2D eigenvalue weighted by Crippen LogP contribution is -2.12. The number of ether oxygens (including phenoxy) is 1. The molecule has 88 valence electrons. The van der Waals surface area contributed by atoms with Crippen LogP contribution in [0, 0.1) is 0 Å². The minimum atomic E-state index is -0.0232. The van der Waals surface area contributed by atoms with Crippen LogP contribution in [0.25, 0.3) is 10.4 Å². The number of hydrogen-bond donors (Lipinski definition) is 0. The molecule has 4 nitrogen and oxygen atoms in total. The molecule has 0 bridgehead atoms. The van der Waals surface area contributed by atoms with E-state index in [2.05, 4.69) is 16.9 Å². The summed E-state index contributed by atoms with van der Waals surface area (Å²) in [5.74, 6) is 0. The zero-order valence-electron chi connectivity index (χ0n) is 9.50. The summed E-state index contributed by atoms with van der Waals surface area (Å²) in [6.07, 6.45) is 3.10. The van der Waals surface area contributed by atoms with Gasteiger partial charge in [0.25, 0.3) is 0 Å². The monoisotopic (exact) mass is 239 g/mol. The summed E-state index contributed by atoms with van der Waals surface area (Å²) < 4.78 is 5.54. The molecule has 1 aromatic heterocycles. The third-order valence-corrected chi connectivity index (χ3v) is 3.09. The van der Waals surface area contributed by atoms with Crippen LogP contribution in [0.1, 0.15) is 31.1 Å². The molecule has 0 aliphatic rings. The third-order valence-electron chi connectivity index (χ3n) is 2.24. The van der Waals surface area contributed by atoms with Crippen LogP contribution in [0.4, 0.5) is 0 Å². The van der Waals surface area contributed by atoms with E-state index in [1.807, 2.05) is 17.5 Å². The van der Waals surface area contributed by atoms with Crippen LogP contribution in [0.2, 0.25) is 0 Å². The summed E-state index contributed by atoms with van der Waals surface area (Å²) in [6, 6.07) is 4.02. The van der Waals surface area contributed by atoms with Crippen molar-refractivity contribution in [3.05, 3.63) is 32.8 Å². The number of unbranched alkanes of at least 4 members (excludes halogenated alkanes) is 1. The highest BCUT2D eigenvalue weighted by atomic mass is 32.1. The fourth-order valence-electron chi connectivity index (χ4n) is 1.38. The highest BCUT2D eigenvalue weighted by Gasteiger charge is 2.06. The maximum absolute atomic E-state index is 8.42. The minimum Gasteiger partial charge on any atom is -0.376 e. The molecule has 0 aliphatic heterocycles. The first-order chi connectivity index (χ1) is 7.86. The van der Waals surface area contributed by atoms with Crippen molar-refractivity contribution in [1.82, 2.24) is 0 Å². The van der Waals surface area contributed by atoms with Crippen molar-refractivity contribution in [2.24, 2.45) is 5.11 Å². The Morgan fingerprint density at radius 1 is 1.62 bits per heavy atom. The first-order valence-electron chi connectivity index (χ1n) is 5.51. The van der Waals surface area contributed by atoms with Crippen LogP contribution in [0.15, 0.2) is 22.6 Å². The van der Waals surface area contributed by atoms with Gasteiger partial charge in [-0.3, -0.25) is 0 Å². The molecule has 1 atom stereocenters. The van der Waals surface area contributed by atoms with Crippen molar-refractivity contribution in [1.29, 1.82) is 0 Å².